The lowest BCUT2D eigenvalue weighted by Gasteiger charge is -2.25. The summed E-state index contributed by atoms with van der Waals surface area (Å²) in [4.78, 5) is 11.7. The van der Waals surface area contributed by atoms with Gasteiger partial charge in [0.2, 0.25) is 0 Å². The number of methoxy groups -OCH3 is 1. The molecule has 0 radical (unpaired) electrons. The van der Waals surface area contributed by atoms with E-state index in [0.717, 1.165) is 12.8 Å². The molecular formula is C14H16O2. The van der Waals surface area contributed by atoms with Crippen LogP contribution in [0.1, 0.15) is 24.3 Å². The Bertz CT molecular complexity index is 381. The summed E-state index contributed by atoms with van der Waals surface area (Å²) < 4.78 is 4.87. The Labute approximate surface area is 95.9 Å². The van der Waals surface area contributed by atoms with Crippen molar-refractivity contribution in [2.45, 2.75) is 18.8 Å². The summed E-state index contributed by atoms with van der Waals surface area (Å²) in [5.74, 6) is 0.0398. The number of rotatable bonds is 2. The number of hydrogen-bond acceptors (Lipinski definition) is 2. The van der Waals surface area contributed by atoms with Gasteiger partial charge in [-0.25, -0.2) is 0 Å². The van der Waals surface area contributed by atoms with E-state index >= 15 is 0 Å². The van der Waals surface area contributed by atoms with Crippen LogP contribution in [0.4, 0.5) is 0 Å². The van der Waals surface area contributed by atoms with E-state index < -0.39 is 0 Å². The van der Waals surface area contributed by atoms with Gasteiger partial charge in [0.05, 0.1) is 13.0 Å². The van der Waals surface area contributed by atoms with Crippen LogP contribution in [0, 0.1) is 5.92 Å². The Kier molecular flexibility index (Phi) is 3.40. The van der Waals surface area contributed by atoms with E-state index in [9.17, 15) is 4.79 Å². The standard InChI is InChI=1S/C14H16O2/c1-16-14(15)13-10-6-5-9-12(13)11-7-3-2-4-8-11/h2-5,7-9,12-13H,6,10H2,1H3/t12-,13+/m0/s1. The van der Waals surface area contributed by atoms with E-state index in [-0.39, 0.29) is 17.8 Å². The van der Waals surface area contributed by atoms with E-state index in [2.05, 4.69) is 24.3 Å². The van der Waals surface area contributed by atoms with E-state index in [1.54, 1.807) is 0 Å². The minimum atomic E-state index is -0.0989. The van der Waals surface area contributed by atoms with Crippen LogP contribution in [0.2, 0.25) is 0 Å². The van der Waals surface area contributed by atoms with Crippen molar-refractivity contribution in [1.82, 2.24) is 0 Å². The fourth-order valence-corrected chi connectivity index (χ4v) is 2.27. The molecule has 2 heteroatoms. The molecule has 0 spiro atoms. The Balaban J connectivity index is 2.26. The molecule has 1 aliphatic carbocycles. The van der Waals surface area contributed by atoms with Gasteiger partial charge in [-0.3, -0.25) is 4.79 Å². The van der Waals surface area contributed by atoms with Crippen LogP contribution >= 0.6 is 0 Å². The first-order valence-electron chi connectivity index (χ1n) is 5.62. The van der Waals surface area contributed by atoms with Crippen LogP contribution in [0.25, 0.3) is 0 Å². The Morgan fingerprint density at radius 3 is 2.75 bits per heavy atom. The number of ether oxygens (including phenoxy) is 1. The molecule has 2 nitrogen and oxygen atoms in total. The van der Waals surface area contributed by atoms with Gasteiger partial charge in [-0.1, -0.05) is 42.5 Å². The third-order valence-corrected chi connectivity index (χ3v) is 3.11. The van der Waals surface area contributed by atoms with Crippen LogP contribution in [0.15, 0.2) is 42.5 Å². The molecule has 2 rings (SSSR count). The van der Waals surface area contributed by atoms with Crippen molar-refractivity contribution >= 4 is 5.97 Å². The maximum absolute atomic E-state index is 11.7. The third-order valence-electron chi connectivity index (χ3n) is 3.11. The highest BCUT2D eigenvalue weighted by Crippen LogP contribution is 2.33. The van der Waals surface area contributed by atoms with E-state index in [4.69, 9.17) is 4.74 Å². The molecule has 0 amide bonds. The molecule has 1 aromatic rings. The quantitative estimate of drug-likeness (QED) is 0.561. The van der Waals surface area contributed by atoms with Crippen LogP contribution in [0.5, 0.6) is 0 Å². The molecule has 0 N–H and O–H groups in total. The van der Waals surface area contributed by atoms with Crippen molar-refractivity contribution in [1.29, 1.82) is 0 Å². The van der Waals surface area contributed by atoms with Gasteiger partial charge in [0.15, 0.2) is 0 Å². The number of carbonyl (C=O) groups is 1. The molecule has 0 saturated heterocycles. The van der Waals surface area contributed by atoms with Crippen LogP contribution in [-0.2, 0) is 9.53 Å². The Morgan fingerprint density at radius 2 is 2.06 bits per heavy atom. The lowest BCUT2D eigenvalue weighted by molar-refractivity contribution is -0.146. The highest BCUT2D eigenvalue weighted by atomic mass is 16.5. The maximum atomic E-state index is 11.7. The Hall–Kier alpha value is -1.57. The molecule has 1 aromatic carbocycles. The van der Waals surface area contributed by atoms with Crippen LogP contribution < -0.4 is 0 Å². The number of benzene rings is 1. The van der Waals surface area contributed by atoms with Crippen LogP contribution in [-0.4, -0.2) is 13.1 Å². The number of hydrogen-bond donors (Lipinski definition) is 0. The van der Waals surface area contributed by atoms with Gasteiger partial charge < -0.3 is 4.74 Å². The normalized spacial score (nSPS) is 24.1. The molecule has 0 bridgehead atoms. The SMILES string of the molecule is COC(=O)[C@@H]1CCC=C[C@H]1c1ccccc1. The molecule has 0 fully saturated rings. The van der Waals surface area contributed by atoms with E-state index in [0.29, 0.717) is 0 Å². The summed E-state index contributed by atoms with van der Waals surface area (Å²) in [7, 11) is 1.46. The van der Waals surface area contributed by atoms with Gasteiger partial charge in [-0.05, 0) is 18.4 Å². The van der Waals surface area contributed by atoms with Gasteiger partial charge in [0, 0.05) is 5.92 Å². The second-order valence-electron chi connectivity index (χ2n) is 4.07. The maximum Gasteiger partial charge on any atom is 0.309 e. The number of allylic oxidation sites excluding steroid dienone is 2. The molecule has 0 heterocycles. The van der Waals surface area contributed by atoms with Gasteiger partial charge in [0.25, 0.3) is 0 Å². The van der Waals surface area contributed by atoms with Crippen molar-refractivity contribution in [3.8, 4) is 0 Å². The molecule has 0 aliphatic heterocycles. The number of esters is 1. The number of carbonyl (C=O) groups excluding carboxylic acids is 1. The predicted molar refractivity (Wildman–Crippen MR) is 63.1 cm³/mol. The van der Waals surface area contributed by atoms with Gasteiger partial charge in [-0.2, -0.15) is 0 Å². The van der Waals surface area contributed by atoms with Gasteiger partial charge >= 0.3 is 5.97 Å². The monoisotopic (exact) mass is 216 g/mol. The second kappa shape index (κ2) is 4.97. The zero-order chi connectivity index (χ0) is 11.4. The summed E-state index contributed by atoms with van der Waals surface area (Å²) >= 11 is 0. The van der Waals surface area contributed by atoms with Gasteiger partial charge in [0.1, 0.15) is 0 Å². The molecule has 2 atom stereocenters. The summed E-state index contributed by atoms with van der Waals surface area (Å²) in [5, 5.41) is 0. The highest BCUT2D eigenvalue weighted by Gasteiger charge is 2.29. The molecule has 16 heavy (non-hydrogen) atoms. The summed E-state index contributed by atoms with van der Waals surface area (Å²) in [6.07, 6.45) is 6.11. The van der Waals surface area contributed by atoms with Crippen molar-refractivity contribution < 1.29 is 9.53 Å². The van der Waals surface area contributed by atoms with Gasteiger partial charge in [-0.15, -0.1) is 0 Å². The molecule has 0 saturated carbocycles. The lowest BCUT2D eigenvalue weighted by Crippen LogP contribution is -2.24. The molecule has 1 aliphatic rings. The molecule has 0 aromatic heterocycles. The minimum absolute atomic E-state index is 0.0302. The minimum Gasteiger partial charge on any atom is -0.469 e. The van der Waals surface area contributed by atoms with E-state index in [1.807, 2.05) is 18.2 Å². The van der Waals surface area contributed by atoms with E-state index in [1.165, 1.54) is 12.7 Å². The molecular weight excluding hydrogens is 200 g/mol. The zero-order valence-electron chi connectivity index (χ0n) is 9.43. The highest BCUT2D eigenvalue weighted by molar-refractivity contribution is 5.74. The van der Waals surface area contributed by atoms with Crippen LogP contribution in [0.3, 0.4) is 0 Å². The fraction of sp³-hybridized carbons (Fsp3) is 0.357. The predicted octanol–water partition coefficient (Wildman–Crippen LogP) is 2.91. The molecule has 0 unspecified atom stereocenters. The van der Waals surface area contributed by atoms with Crippen molar-refractivity contribution in [2.24, 2.45) is 5.92 Å². The third kappa shape index (κ3) is 2.16. The molecule has 84 valence electrons. The fourth-order valence-electron chi connectivity index (χ4n) is 2.27. The average Bonchev–Trinajstić information content (AvgIpc) is 2.39. The average molecular weight is 216 g/mol. The largest absolute Gasteiger partial charge is 0.469 e. The van der Waals surface area contributed by atoms with Crippen molar-refractivity contribution in [3.05, 3.63) is 48.0 Å². The Morgan fingerprint density at radius 1 is 1.31 bits per heavy atom. The summed E-state index contributed by atoms with van der Waals surface area (Å²) in [6.45, 7) is 0. The first kappa shape index (κ1) is 10.9. The lowest BCUT2D eigenvalue weighted by atomic mass is 9.79. The van der Waals surface area contributed by atoms with Crippen molar-refractivity contribution in [2.75, 3.05) is 7.11 Å². The summed E-state index contributed by atoms with van der Waals surface area (Å²) in [5.41, 5.74) is 1.19. The first-order valence-corrected chi connectivity index (χ1v) is 5.62. The zero-order valence-corrected chi connectivity index (χ0v) is 9.43. The second-order valence-corrected chi connectivity index (χ2v) is 4.07. The topological polar surface area (TPSA) is 26.3 Å². The first-order chi connectivity index (χ1) is 7.83. The smallest absolute Gasteiger partial charge is 0.309 e. The summed E-state index contributed by atoms with van der Waals surface area (Å²) in [6, 6.07) is 10.1. The van der Waals surface area contributed by atoms with Crippen molar-refractivity contribution in [3.63, 3.8) is 0 Å².